The van der Waals surface area contributed by atoms with Gasteiger partial charge in [0, 0.05) is 23.7 Å². The van der Waals surface area contributed by atoms with Crippen molar-refractivity contribution >= 4 is 17.5 Å². The summed E-state index contributed by atoms with van der Waals surface area (Å²) in [6, 6.07) is 10.5. The lowest BCUT2D eigenvalue weighted by Crippen LogP contribution is -2.40. The van der Waals surface area contributed by atoms with Crippen molar-refractivity contribution in [2.75, 3.05) is 26.4 Å². The van der Waals surface area contributed by atoms with Crippen LogP contribution in [0.15, 0.2) is 47.1 Å². The first-order valence-electron chi connectivity index (χ1n) is 9.35. The van der Waals surface area contributed by atoms with Crippen molar-refractivity contribution in [3.05, 3.63) is 59.4 Å². The molecule has 1 aliphatic rings. The first-order valence-corrected chi connectivity index (χ1v) is 9.35. The molecule has 0 saturated carbocycles. The van der Waals surface area contributed by atoms with E-state index in [4.69, 9.17) is 10.2 Å². The van der Waals surface area contributed by atoms with Gasteiger partial charge in [-0.2, -0.15) is 0 Å². The topological polar surface area (TPSA) is 101 Å². The fourth-order valence-electron chi connectivity index (χ4n) is 3.84. The first-order chi connectivity index (χ1) is 13.9. The van der Waals surface area contributed by atoms with E-state index in [1.807, 2.05) is 38.1 Å². The number of ketones is 1. The average Bonchev–Trinajstić information content (AvgIpc) is 3.28. The summed E-state index contributed by atoms with van der Waals surface area (Å²) in [6.45, 7) is 2.58. The van der Waals surface area contributed by atoms with E-state index in [2.05, 4.69) is 10.3 Å². The summed E-state index contributed by atoms with van der Waals surface area (Å²) in [5.41, 5.74) is 8.88. The van der Waals surface area contributed by atoms with Gasteiger partial charge in [0.05, 0.1) is 17.4 Å². The van der Waals surface area contributed by atoms with Gasteiger partial charge < -0.3 is 20.4 Å². The van der Waals surface area contributed by atoms with Gasteiger partial charge >= 0.3 is 0 Å². The Morgan fingerprint density at radius 3 is 2.55 bits per heavy atom. The molecular weight excluding hydrogens is 368 g/mol. The molecule has 3 aromatic rings. The van der Waals surface area contributed by atoms with Crippen LogP contribution in [0.4, 0.5) is 5.82 Å². The Labute approximate surface area is 168 Å². The second-order valence-corrected chi connectivity index (χ2v) is 7.46. The van der Waals surface area contributed by atoms with Crippen LogP contribution in [0.25, 0.3) is 22.6 Å². The normalized spacial score (nSPS) is 13.3. The lowest BCUT2D eigenvalue weighted by molar-refractivity contribution is 0.0935. The Morgan fingerprint density at radius 1 is 1.17 bits per heavy atom. The van der Waals surface area contributed by atoms with Gasteiger partial charge in [-0.05, 0) is 38.7 Å². The molecule has 148 valence electrons. The molecule has 0 radical (unpaired) electrons. The Balaban J connectivity index is 1.91. The number of amides is 1. The molecule has 0 saturated heterocycles. The van der Waals surface area contributed by atoms with Crippen molar-refractivity contribution in [2.45, 2.75) is 13.0 Å². The van der Waals surface area contributed by atoms with Crippen LogP contribution in [0.1, 0.15) is 33.2 Å². The van der Waals surface area contributed by atoms with Gasteiger partial charge in [0.2, 0.25) is 0 Å². The largest absolute Gasteiger partial charge is 0.463 e. The van der Waals surface area contributed by atoms with Crippen molar-refractivity contribution < 1.29 is 14.0 Å². The molecule has 1 atom stereocenters. The SMILES string of the molecule is CC(CN(C)C)NC(=O)c1c(N)nc(-c2ccco2)c2c1-c1ccccc1C2=O. The molecule has 0 bridgehead atoms. The van der Waals surface area contributed by atoms with Gasteiger partial charge in [0.15, 0.2) is 11.5 Å². The summed E-state index contributed by atoms with van der Waals surface area (Å²) >= 11 is 0. The number of benzene rings is 1. The zero-order valence-corrected chi connectivity index (χ0v) is 16.5. The number of furan rings is 1. The van der Waals surface area contributed by atoms with Crippen molar-refractivity contribution in [1.82, 2.24) is 15.2 Å². The molecule has 2 heterocycles. The number of fused-ring (bicyclic) bond motifs is 3. The van der Waals surface area contributed by atoms with Gasteiger partial charge in [-0.1, -0.05) is 24.3 Å². The van der Waals surface area contributed by atoms with E-state index in [1.165, 1.54) is 6.26 Å². The highest BCUT2D eigenvalue weighted by Gasteiger charge is 2.36. The van der Waals surface area contributed by atoms with Crippen LogP contribution in [0.3, 0.4) is 0 Å². The number of likely N-dealkylation sites (N-methyl/N-ethyl adjacent to an activating group) is 1. The fraction of sp³-hybridized carbons (Fsp3) is 0.227. The van der Waals surface area contributed by atoms with Crippen LogP contribution < -0.4 is 11.1 Å². The second-order valence-electron chi connectivity index (χ2n) is 7.46. The van der Waals surface area contributed by atoms with Gasteiger partial charge in [0.1, 0.15) is 11.5 Å². The maximum Gasteiger partial charge on any atom is 0.255 e. The molecule has 1 unspecified atom stereocenters. The molecule has 7 heteroatoms. The third-order valence-electron chi connectivity index (χ3n) is 4.89. The molecular formula is C22H22N4O3. The van der Waals surface area contributed by atoms with E-state index in [0.29, 0.717) is 40.3 Å². The summed E-state index contributed by atoms with van der Waals surface area (Å²) in [4.78, 5) is 32.7. The number of carbonyl (C=O) groups excluding carboxylic acids is 2. The van der Waals surface area contributed by atoms with E-state index in [9.17, 15) is 9.59 Å². The summed E-state index contributed by atoms with van der Waals surface area (Å²) in [7, 11) is 3.87. The van der Waals surface area contributed by atoms with Crippen molar-refractivity contribution in [3.8, 4) is 22.6 Å². The lowest BCUT2D eigenvalue weighted by Gasteiger charge is -2.20. The third-order valence-corrected chi connectivity index (χ3v) is 4.89. The van der Waals surface area contributed by atoms with E-state index in [0.717, 1.165) is 0 Å². The molecule has 0 fully saturated rings. The van der Waals surface area contributed by atoms with Crippen LogP contribution >= 0.6 is 0 Å². The number of hydrogen-bond donors (Lipinski definition) is 2. The van der Waals surface area contributed by atoms with Crippen molar-refractivity contribution in [3.63, 3.8) is 0 Å². The Bertz CT molecular complexity index is 1100. The smallest absolute Gasteiger partial charge is 0.255 e. The number of hydrogen-bond acceptors (Lipinski definition) is 6. The summed E-state index contributed by atoms with van der Waals surface area (Å²) in [6.07, 6.45) is 1.51. The molecule has 1 amide bonds. The average molecular weight is 390 g/mol. The van der Waals surface area contributed by atoms with Crippen LogP contribution in [0.2, 0.25) is 0 Å². The summed E-state index contributed by atoms with van der Waals surface area (Å²) in [5, 5.41) is 2.96. The number of nitrogens with one attached hydrogen (secondary N) is 1. The maximum atomic E-state index is 13.2. The van der Waals surface area contributed by atoms with Gasteiger partial charge in [-0.3, -0.25) is 9.59 Å². The highest BCUT2D eigenvalue weighted by atomic mass is 16.3. The number of nitrogens with zero attached hydrogens (tertiary/aromatic N) is 2. The van der Waals surface area contributed by atoms with Crippen LogP contribution in [-0.2, 0) is 0 Å². The van der Waals surface area contributed by atoms with Gasteiger partial charge in [0.25, 0.3) is 5.91 Å². The second kappa shape index (κ2) is 7.18. The van der Waals surface area contributed by atoms with Crippen LogP contribution in [0.5, 0.6) is 0 Å². The predicted octanol–water partition coefficient (Wildman–Crippen LogP) is 2.82. The standard InChI is InChI=1S/C22H22N4O3/c1-12(11-26(2)3)24-22(28)18-16-13-7-4-5-8-14(13)20(27)17(16)19(25-21(18)23)15-9-6-10-29-15/h4-10,12H,11H2,1-3H3,(H2,23,25)(H,24,28). The number of anilines is 1. The van der Waals surface area contributed by atoms with Crippen molar-refractivity contribution in [2.24, 2.45) is 0 Å². The summed E-state index contributed by atoms with van der Waals surface area (Å²) in [5.74, 6) is -0.0442. The molecule has 7 nitrogen and oxygen atoms in total. The number of nitrogen functional groups attached to an aromatic ring is 1. The zero-order chi connectivity index (χ0) is 20.7. The fourth-order valence-corrected chi connectivity index (χ4v) is 3.84. The van der Waals surface area contributed by atoms with Crippen LogP contribution in [0, 0.1) is 0 Å². The lowest BCUT2D eigenvalue weighted by atomic mass is 9.97. The van der Waals surface area contributed by atoms with Gasteiger partial charge in [-0.25, -0.2) is 4.98 Å². The molecule has 3 N–H and O–H groups in total. The minimum atomic E-state index is -0.351. The molecule has 0 spiro atoms. The molecule has 2 aromatic heterocycles. The van der Waals surface area contributed by atoms with Gasteiger partial charge in [-0.15, -0.1) is 0 Å². The number of aromatic nitrogens is 1. The van der Waals surface area contributed by atoms with E-state index in [-0.39, 0.29) is 29.1 Å². The Hall–Kier alpha value is -3.45. The Morgan fingerprint density at radius 2 is 1.90 bits per heavy atom. The van der Waals surface area contributed by atoms with E-state index >= 15 is 0 Å². The van der Waals surface area contributed by atoms with E-state index in [1.54, 1.807) is 24.3 Å². The molecule has 1 aromatic carbocycles. The number of nitrogens with two attached hydrogens (primary N) is 1. The minimum absolute atomic E-state index is 0.0641. The van der Waals surface area contributed by atoms with Crippen molar-refractivity contribution in [1.29, 1.82) is 0 Å². The summed E-state index contributed by atoms with van der Waals surface area (Å²) < 4.78 is 5.48. The predicted molar refractivity (Wildman–Crippen MR) is 111 cm³/mol. The minimum Gasteiger partial charge on any atom is -0.463 e. The number of rotatable bonds is 5. The van der Waals surface area contributed by atoms with E-state index < -0.39 is 0 Å². The highest BCUT2D eigenvalue weighted by Crippen LogP contribution is 2.44. The maximum absolute atomic E-state index is 13.2. The third kappa shape index (κ3) is 3.19. The molecule has 1 aliphatic carbocycles. The Kier molecular flexibility index (Phi) is 4.68. The molecule has 4 rings (SSSR count). The molecule has 0 aliphatic heterocycles. The first kappa shape index (κ1) is 18.9. The van der Waals surface area contributed by atoms with Crippen LogP contribution in [-0.4, -0.2) is 48.3 Å². The highest BCUT2D eigenvalue weighted by molar-refractivity contribution is 6.27. The number of pyridine rings is 1. The zero-order valence-electron chi connectivity index (χ0n) is 16.5. The molecule has 29 heavy (non-hydrogen) atoms. The monoisotopic (exact) mass is 390 g/mol. The number of carbonyl (C=O) groups is 2. The quantitative estimate of drug-likeness (QED) is 0.543.